The van der Waals surface area contributed by atoms with Gasteiger partial charge < -0.3 is 10.2 Å². The number of ether oxygens (including phenoxy) is 1. The summed E-state index contributed by atoms with van der Waals surface area (Å²) in [5, 5.41) is 0. The van der Waals surface area contributed by atoms with E-state index in [1.807, 2.05) is 0 Å². The Labute approximate surface area is 112 Å². The second-order valence-electron chi connectivity index (χ2n) is 0.696. The van der Waals surface area contributed by atoms with Crippen molar-refractivity contribution in [2.75, 3.05) is 13.5 Å². The van der Waals surface area contributed by atoms with Crippen LogP contribution in [0.15, 0.2) is 0 Å². The molecule has 0 aliphatic rings. The topological polar surface area (TPSA) is 56.3 Å². The van der Waals surface area contributed by atoms with E-state index in [-0.39, 0.29) is 71.7 Å². The Bertz CT molecular complexity index is 57.0. The number of carbonyl (C=O) groups excluding carboxylic acids is 1. The maximum Gasteiger partial charge on any atom is 1.00 e. The number of hydrogen-bond donors (Lipinski definition) is 0. The van der Waals surface area contributed by atoms with E-state index >= 15 is 0 Å². The first-order chi connectivity index (χ1) is 3.27. The van der Waals surface area contributed by atoms with Gasteiger partial charge in [0.15, 0.2) is 0 Å². The third-order valence-corrected chi connectivity index (χ3v) is 0.287. The molecule has 0 aliphatic carbocycles. The molecule has 0 radical (unpaired) electrons. The molecule has 0 aromatic carbocycles. The average Bonchev–Trinajstić information content (AvgIpc) is 1.73. The van der Waals surface area contributed by atoms with Gasteiger partial charge in [-0.1, -0.05) is 7.43 Å². The maximum absolute atomic E-state index is 9.59. The van der Waals surface area contributed by atoms with E-state index in [9.17, 15) is 4.79 Å². The molecule has 0 rings (SSSR count). The van der Waals surface area contributed by atoms with Crippen LogP contribution in [-0.2, 0) is 9.53 Å². The van der Waals surface area contributed by atoms with Gasteiger partial charge in [-0.25, -0.2) is 0 Å². The van der Waals surface area contributed by atoms with Gasteiger partial charge >= 0.3 is 57.4 Å². The second-order valence-corrected chi connectivity index (χ2v) is 0.696. The van der Waals surface area contributed by atoms with Crippen LogP contribution in [0.2, 0.25) is 0 Å². The molecule has 0 bridgehead atoms. The van der Waals surface area contributed by atoms with Gasteiger partial charge in [-0.3, -0.25) is 4.79 Å². The molecule has 5 heteroatoms. The first kappa shape index (κ1) is 30.1. The number of carbonyl (C=O) groups is 1. The summed E-state index contributed by atoms with van der Waals surface area (Å²) in [6.45, 7) is 1.36. The number of hydrogen-bond acceptors (Lipinski definition) is 3. The molecule has 0 fully saturated rings. The molecule has 0 heterocycles. The fourth-order valence-corrected chi connectivity index (χ4v) is 0. The van der Waals surface area contributed by atoms with E-state index in [1.165, 1.54) is 20.4 Å². The Kier molecular flexibility index (Phi) is 95.3. The molecular weight excluding hydrogens is 183 g/mol. The first-order valence-electron chi connectivity index (χ1n) is 1.69. The minimum atomic E-state index is -0.245. The van der Waals surface area contributed by atoms with Crippen molar-refractivity contribution in [1.29, 1.82) is 0 Å². The van der Waals surface area contributed by atoms with Crippen molar-refractivity contribution in [1.82, 2.24) is 0 Å². The number of halogens is 1. The monoisotopic (exact) mass is 198 g/mol. The molecule has 0 aliphatic heterocycles. The van der Waals surface area contributed by atoms with Crippen LogP contribution < -0.4 is 51.4 Å². The second kappa shape index (κ2) is 31.6. The van der Waals surface area contributed by atoms with Crippen molar-refractivity contribution in [2.45, 2.75) is 14.4 Å². The minimum absolute atomic E-state index is 0. The zero-order valence-corrected chi connectivity index (χ0v) is 10.0. The first-order valence-corrected chi connectivity index (χ1v) is 2.45. The van der Waals surface area contributed by atoms with E-state index in [0.29, 0.717) is 0 Å². The van der Waals surface area contributed by atoms with E-state index in [2.05, 4.69) is 16.3 Å². The smallest absolute Gasteiger partial charge is 0.870 e. The summed E-state index contributed by atoms with van der Waals surface area (Å²) >= 11 is 4.64. The van der Waals surface area contributed by atoms with Crippen molar-refractivity contribution >= 4 is 17.6 Å². The van der Waals surface area contributed by atoms with Crippen molar-refractivity contribution < 1.29 is 67.8 Å². The molecule has 0 unspecified atom stereocenters. The van der Waals surface area contributed by atoms with Gasteiger partial charge in [-0.15, -0.1) is 11.6 Å². The maximum atomic E-state index is 9.59. The number of rotatable bonds is 0. The molecular formula is C5H16ClKO3. The summed E-state index contributed by atoms with van der Waals surface area (Å²) in [4.78, 5) is 9.59. The molecule has 0 saturated carbocycles. The summed E-state index contributed by atoms with van der Waals surface area (Å²) in [7, 11) is 1.35. The number of methoxy groups -OCH3 is 1. The molecule has 0 saturated heterocycles. The van der Waals surface area contributed by atoms with Crippen molar-refractivity contribution in [3.63, 3.8) is 0 Å². The number of alkyl halides is 1. The third kappa shape index (κ3) is 58.0. The fraction of sp³-hybridized carbons (Fsp3) is 0.800. The van der Waals surface area contributed by atoms with Crippen LogP contribution in [0.4, 0.5) is 0 Å². The normalized spacial score (nSPS) is 4.00. The summed E-state index contributed by atoms with van der Waals surface area (Å²) in [5.41, 5.74) is 0. The summed E-state index contributed by atoms with van der Waals surface area (Å²) < 4.78 is 4.11. The Morgan fingerprint density at radius 2 is 1.60 bits per heavy atom. The van der Waals surface area contributed by atoms with Gasteiger partial charge in [0.25, 0.3) is 0 Å². The van der Waals surface area contributed by atoms with Crippen LogP contribution >= 0.6 is 11.6 Å². The molecule has 0 spiro atoms. The van der Waals surface area contributed by atoms with Gasteiger partial charge in [-0.05, 0) is 0 Å². The SMILES string of the molecule is C.CCl.COC(C)=O.[HH].[K+].[OH-]. The van der Waals surface area contributed by atoms with Crippen LogP contribution in [0, 0.1) is 0 Å². The van der Waals surface area contributed by atoms with Crippen LogP contribution in [0.5, 0.6) is 0 Å². The average molecular weight is 199 g/mol. The van der Waals surface area contributed by atoms with Crippen LogP contribution in [-0.4, -0.2) is 24.9 Å². The summed E-state index contributed by atoms with van der Waals surface area (Å²) in [5.74, 6) is -0.245. The van der Waals surface area contributed by atoms with Crippen molar-refractivity contribution in [2.24, 2.45) is 0 Å². The number of esters is 1. The molecule has 0 aromatic rings. The van der Waals surface area contributed by atoms with E-state index in [4.69, 9.17) is 0 Å². The molecule has 1 N–H and O–H groups in total. The van der Waals surface area contributed by atoms with Gasteiger partial charge in [0.2, 0.25) is 0 Å². The van der Waals surface area contributed by atoms with Crippen LogP contribution in [0.25, 0.3) is 0 Å². The Hall–Kier alpha value is 1.36. The molecule has 3 nitrogen and oxygen atoms in total. The molecule has 0 aromatic heterocycles. The van der Waals surface area contributed by atoms with Gasteiger partial charge in [0, 0.05) is 14.7 Å². The third-order valence-electron chi connectivity index (χ3n) is 0.287. The van der Waals surface area contributed by atoms with Crippen LogP contribution in [0.3, 0.4) is 0 Å². The van der Waals surface area contributed by atoms with E-state index in [1.54, 1.807) is 0 Å². The summed E-state index contributed by atoms with van der Waals surface area (Å²) in [6.07, 6.45) is 1.47. The zero-order chi connectivity index (χ0) is 6.28. The Morgan fingerprint density at radius 1 is 1.50 bits per heavy atom. The quantitative estimate of drug-likeness (QED) is 0.278. The largest absolute Gasteiger partial charge is 1.00 e. The standard InChI is InChI=1S/C3H6O2.CH3Cl.CH4.K.H2O.H2/c1-3(4)5-2;1-2;;;;/h1-2H3;1H3;1H4;;1H2;1H/q;;;+1;;/p-1. The van der Waals surface area contributed by atoms with Crippen LogP contribution in [0.1, 0.15) is 15.8 Å². The Morgan fingerprint density at radius 3 is 1.60 bits per heavy atom. The van der Waals surface area contributed by atoms with E-state index in [0.717, 1.165) is 0 Å². The molecule has 62 valence electrons. The van der Waals surface area contributed by atoms with Gasteiger partial charge in [-0.2, -0.15) is 0 Å². The molecule has 0 amide bonds. The zero-order valence-electron chi connectivity index (χ0n) is 6.14. The van der Waals surface area contributed by atoms with E-state index < -0.39 is 0 Å². The minimum Gasteiger partial charge on any atom is -0.870 e. The summed E-state index contributed by atoms with van der Waals surface area (Å²) in [6, 6.07) is 0. The Balaban J connectivity index is -0.00000000972. The van der Waals surface area contributed by atoms with Crippen molar-refractivity contribution in [3.05, 3.63) is 0 Å². The fourth-order valence-electron chi connectivity index (χ4n) is 0. The van der Waals surface area contributed by atoms with Crippen molar-refractivity contribution in [3.8, 4) is 0 Å². The van der Waals surface area contributed by atoms with Gasteiger partial charge in [0.05, 0.1) is 7.11 Å². The molecule has 10 heavy (non-hydrogen) atoms. The molecule has 0 atom stereocenters. The van der Waals surface area contributed by atoms with Gasteiger partial charge in [0.1, 0.15) is 0 Å². The predicted molar refractivity (Wildman–Crippen MR) is 40.2 cm³/mol. The predicted octanol–water partition coefficient (Wildman–Crippen LogP) is -1.26.